The van der Waals surface area contributed by atoms with E-state index in [4.69, 9.17) is 14.2 Å². The first-order chi connectivity index (χ1) is 15.7. The van der Waals surface area contributed by atoms with Crippen LogP contribution in [0.2, 0.25) is 0 Å². The quantitative estimate of drug-likeness (QED) is 0.657. The van der Waals surface area contributed by atoms with Gasteiger partial charge in [-0.1, -0.05) is 30.3 Å². The Morgan fingerprint density at radius 2 is 1.75 bits per heavy atom. The van der Waals surface area contributed by atoms with Gasteiger partial charge in [0.05, 0.1) is 21.3 Å². The summed E-state index contributed by atoms with van der Waals surface area (Å²) in [7, 11) is 4.72. The average molecular weight is 432 g/mol. The molecule has 1 aromatic heterocycles. The van der Waals surface area contributed by atoms with E-state index in [1.54, 1.807) is 26.0 Å². The maximum Gasteiger partial charge on any atom is 0.226 e. The summed E-state index contributed by atoms with van der Waals surface area (Å²) >= 11 is 0. The minimum Gasteiger partial charge on any atom is -0.493 e. The van der Waals surface area contributed by atoms with Gasteiger partial charge >= 0.3 is 0 Å². The van der Waals surface area contributed by atoms with E-state index >= 15 is 0 Å². The number of allylic oxidation sites excluding steroid dienone is 2. The number of nitrogens with zero attached hydrogens (tertiary/aromatic N) is 3. The van der Waals surface area contributed by atoms with E-state index in [1.807, 2.05) is 30.3 Å². The van der Waals surface area contributed by atoms with Gasteiger partial charge in [0.25, 0.3) is 0 Å². The minimum absolute atomic E-state index is 0.0793. The molecule has 0 saturated carbocycles. The summed E-state index contributed by atoms with van der Waals surface area (Å²) in [6.45, 7) is 0. The van der Waals surface area contributed by atoms with E-state index in [0.717, 1.165) is 16.8 Å². The van der Waals surface area contributed by atoms with Crippen LogP contribution in [0.5, 0.6) is 17.2 Å². The lowest BCUT2D eigenvalue weighted by molar-refractivity contribution is -0.116. The zero-order valence-corrected chi connectivity index (χ0v) is 18.2. The van der Waals surface area contributed by atoms with Gasteiger partial charge in [0.15, 0.2) is 17.3 Å². The smallest absolute Gasteiger partial charge is 0.226 e. The van der Waals surface area contributed by atoms with Crippen LogP contribution in [0, 0.1) is 0 Å². The number of hydrogen-bond acceptors (Lipinski definition) is 7. The number of rotatable bonds is 5. The van der Waals surface area contributed by atoms with Crippen molar-refractivity contribution in [2.45, 2.75) is 24.8 Å². The zero-order valence-electron chi connectivity index (χ0n) is 18.2. The number of ketones is 1. The number of carbonyl (C=O) groups is 1. The van der Waals surface area contributed by atoms with Crippen LogP contribution >= 0.6 is 0 Å². The van der Waals surface area contributed by atoms with E-state index in [-0.39, 0.29) is 11.7 Å². The molecule has 0 saturated heterocycles. The Labute approximate surface area is 185 Å². The van der Waals surface area contributed by atoms with E-state index < -0.39 is 6.04 Å². The van der Waals surface area contributed by atoms with Crippen LogP contribution in [-0.2, 0) is 4.79 Å². The maximum absolute atomic E-state index is 13.5. The van der Waals surface area contributed by atoms with Gasteiger partial charge in [0.1, 0.15) is 12.4 Å². The second-order valence-electron chi connectivity index (χ2n) is 7.81. The zero-order chi connectivity index (χ0) is 22.2. The monoisotopic (exact) mass is 432 g/mol. The number of methoxy groups -OCH3 is 3. The highest BCUT2D eigenvalue weighted by Gasteiger charge is 2.41. The number of benzene rings is 2. The first kappa shape index (κ1) is 20.1. The molecule has 0 spiro atoms. The fourth-order valence-electron chi connectivity index (χ4n) is 4.74. The van der Waals surface area contributed by atoms with E-state index in [2.05, 4.69) is 27.5 Å². The van der Waals surface area contributed by atoms with Crippen molar-refractivity contribution in [1.29, 1.82) is 0 Å². The lowest BCUT2D eigenvalue weighted by Gasteiger charge is -2.35. The van der Waals surface area contributed by atoms with Crippen molar-refractivity contribution in [2.75, 3.05) is 26.6 Å². The molecule has 8 heteroatoms. The fourth-order valence-corrected chi connectivity index (χ4v) is 4.74. The van der Waals surface area contributed by atoms with Gasteiger partial charge in [0.2, 0.25) is 11.7 Å². The number of hydrogen-bond donors (Lipinski definition) is 1. The molecule has 0 unspecified atom stereocenters. The largest absolute Gasteiger partial charge is 0.493 e. The van der Waals surface area contributed by atoms with Crippen LogP contribution in [0.1, 0.15) is 35.9 Å². The molecule has 2 aromatic carbocycles. The Kier molecular flexibility index (Phi) is 5.05. The van der Waals surface area contributed by atoms with Crippen LogP contribution in [-0.4, -0.2) is 41.9 Å². The summed E-state index contributed by atoms with van der Waals surface area (Å²) in [6, 6.07) is 13.4. The molecule has 164 valence electrons. The Morgan fingerprint density at radius 1 is 0.969 bits per heavy atom. The molecule has 2 atom stereocenters. The third-order valence-electron chi connectivity index (χ3n) is 6.16. The molecule has 1 aliphatic carbocycles. The fraction of sp³-hybridized carbons (Fsp3) is 0.292. The van der Waals surface area contributed by atoms with Crippen LogP contribution < -0.4 is 19.5 Å². The Balaban J connectivity index is 1.66. The van der Waals surface area contributed by atoms with Gasteiger partial charge in [-0.25, -0.2) is 4.68 Å². The van der Waals surface area contributed by atoms with Crippen molar-refractivity contribution in [1.82, 2.24) is 14.8 Å². The molecule has 0 fully saturated rings. The van der Waals surface area contributed by atoms with Gasteiger partial charge in [0, 0.05) is 23.3 Å². The van der Waals surface area contributed by atoms with Crippen LogP contribution in [0.25, 0.3) is 0 Å². The summed E-state index contributed by atoms with van der Waals surface area (Å²) in [5, 5.41) is 7.77. The molecular formula is C24H24N4O4. The van der Waals surface area contributed by atoms with Gasteiger partial charge in [-0.15, -0.1) is 0 Å². The molecule has 1 N–H and O–H groups in total. The SMILES string of the molecule is COc1ccc([C@@H]2C3=C(C[C@H](c4ccccc4)CC3=O)Nc3ncnn32)c(OC)c1OC. The molecule has 32 heavy (non-hydrogen) atoms. The van der Waals surface area contributed by atoms with Gasteiger partial charge in [-0.3, -0.25) is 4.79 Å². The Morgan fingerprint density at radius 3 is 2.47 bits per heavy atom. The predicted molar refractivity (Wildman–Crippen MR) is 118 cm³/mol. The molecule has 3 aromatic rings. The lowest BCUT2D eigenvalue weighted by Crippen LogP contribution is -2.33. The number of anilines is 1. The van der Waals surface area contributed by atoms with E-state index in [1.165, 1.54) is 6.33 Å². The maximum atomic E-state index is 13.5. The number of nitrogens with one attached hydrogen (secondary N) is 1. The topological polar surface area (TPSA) is 87.5 Å². The predicted octanol–water partition coefficient (Wildman–Crippen LogP) is 3.72. The third-order valence-corrected chi connectivity index (χ3v) is 6.16. The number of fused-ring (bicyclic) bond motifs is 1. The molecule has 0 radical (unpaired) electrons. The molecule has 2 aliphatic rings. The van der Waals surface area contributed by atoms with Crippen molar-refractivity contribution in [3.63, 3.8) is 0 Å². The van der Waals surface area contributed by atoms with Crippen molar-refractivity contribution in [2.24, 2.45) is 0 Å². The molecule has 0 amide bonds. The van der Waals surface area contributed by atoms with Crippen molar-refractivity contribution >= 4 is 11.7 Å². The van der Waals surface area contributed by atoms with Crippen molar-refractivity contribution in [3.05, 3.63) is 71.2 Å². The van der Waals surface area contributed by atoms with Gasteiger partial charge in [-0.2, -0.15) is 10.1 Å². The lowest BCUT2D eigenvalue weighted by atomic mass is 9.77. The van der Waals surface area contributed by atoms with Gasteiger partial charge < -0.3 is 19.5 Å². The first-order valence-electron chi connectivity index (χ1n) is 10.4. The highest BCUT2D eigenvalue weighted by molar-refractivity contribution is 6.00. The van der Waals surface area contributed by atoms with Gasteiger partial charge in [-0.05, 0) is 30.0 Å². The minimum atomic E-state index is -0.484. The molecule has 2 heterocycles. The number of aromatic nitrogens is 3. The number of Topliss-reactive ketones (excluding diaryl/α,β-unsaturated/α-hetero) is 1. The normalized spacial score (nSPS) is 19.7. The molecule has 0 bridgehead atoms. The second kappa shape index (κ2) is 8.03. The van der Waals surface area contributed by atoms with Crippen LogP contribution in [0.4, 0.5) is 5.95 Å². The summed E-state index contributed by atoms with van der Waals surface area (Å²) in [5.74, 6) is 2.31. The Bertz CT molecular complexity index is 1200. The summed E-state index contributed by atoms with van der Waals surface area (Å²) < 4.78 is 18.5. The molecule has 5 rings (SSSR count). The second-order valence-corrected chi connectivity index (χ2v) is 7.81. The highest BCUT2D eigenvalue weighted by atomic mass is 16.5. The summed E-state index contributed by atoms with van der Waals surface area (Å²) in [5.41, 5.74) is 3.47. The van der Waals surface area contributed by atoms with E-state index in [0.29, 0.717) is 41.6 Å². The number of carbonyl (C=O) groups excluding carboxylic acids is 1. The number of ether oxygens (including phenoxy) is 3. The molecule has 1 aliphatic heterocycles. The van der Waals surface area contributed by atoms with Crippen molar-refractivity contribution < 1.29 is 19.0 Å². The third kappa shape index (κ3) is 3.10. The van der Waals surface area contributed by atoms with E-state index in [9.17, 15) is 4.79 Å². The van der Waals surface area contributed by atoms with Crippen LogP contribution in [0.3, 0.4) is 0 Å². The molecule has 8 nitrogen and oxygen atoms in total. The van der Waals surface area contributed by atoms with Crippen LogP contribution in [0.15, 0.2) is 60.1 Å². The summed E-state index contributed by atoms with van der Waals surface area (Å²) in [4.78, 5) is 17.9. The molecular weight excluding hydrogens is 408 g/mol. The average Bonchev–Trinajstić information content (AvgIpc) is 3.30. The Hall–Kier alpha value is -3.81. The highest BCUT2D eigenvalue weighted by Crippen LogP contribution is 2.49. The summed E-state index contributed by atoms with van der Waals surface area (Å²) in [6.07, 6.45) is 2.63. The van der Waals surface area contributed by atoms with Crippen molar-refractivity contribution in [3.8, 4) is 17.2 Å². The first-order valence-corrected chi connectivity index (χ1v) is 10.4. The standard InChI is InChI=1S/C24H24N4O4/c1-30-19-10-9-16(22(31-2)23(19)32-3)21-20-17(27-24-25-13-26-28(21)24)11-15(12-18(20)29)14-7-5-4-6-8-14/h4-10,13,15,21H,11-12H2,1-3H3,(H,25,26,27)/t15-,21+/m0/s1.